The standard InChI is InChI=1S/C22H21ClN2O3S/c1-16-7-5-6-10-18(16)15-25(21(22(24)26)17-8-3-2-4-9-17)29(27,28)20-13-11-19(23)12-14-20/h2-14,21H,15H2,1H3,(H2,24,26)/t21-/m1/s1. The summed E-state index contributed by atoms with van der Waals surface area (Å²) < 4.78 is 28.3. The van der Waals surface area contributed by atoms with Gasteiger partial charge in [-0.05, 0) is 47.9 Å². The van der Waals surface area contributed by atoms with Crippen molar-refractivity contribution >= 4 is 27.5 Å². The van der Waals surface area contributed by atoms with Gasteiger partial charge in [0.05, 0.1) is 4.90 Å². The Hall–Kier alpha value is -2.67. The van der Waals surface area contributed by atoms with Gasteiger partial charge in [-0.2, -0.15) is 4.31 Å². The van der Waals surface area contributed by atoms with Crippen molar-refractivity contribution in [3.05, 3.63) is 101 Å². The van der Waals surface area contributed by atoms with Gasteiger partial charge in [0.15, 0.2) is 0 Å². The SMILES string of the molecule is Cc1ccccc1CN([C@@H](C(N)=O)c1ccccc1)S(=O)(=O)c1ccc(Cl)cc1. The minimum Gasteiger partial charge on any atom is -0.368 e. The molecule has 1 atom stereocenters. The third-order valence-corrected chi connectivity index (χ3v) is 6.76. The van der Waals surface area contributed by atoms with Crippen molar-refractivity contribution in [2.24, 2.45) is 5.73 Å². The van der Waals surface area contributed by atoms with Crippen LogP contribution in [0.25, 0.3) is 0 Å². The van der Waals surface area contributed by atoms with Crippen molar-refractivity contribution < 1.29 is 13.2 Å². The molecule has 0 bridgehead atoms. The molecule has 0 saturated heterocycles. The van der Waals surface area contributed by atoms with Gasteiger partial charge in [-0.15, -0.1) is 0 Å². The molecule has 0 aliphatic heterocycles. The average Bonchev–Trinajstić information content (AvgIpc) is 2.70. The van der Waals surface area contributed by atoms with Gasteiger partial charge in [0.1, 0.15) is 6.04 Å². The fourth-order valence-corrected chi connectivity index (χ4v) is 4.81. The highest BCUT2D eigenvalue weighted by atomic mass is 35.5. The van der Waals surface area contributed by atoms with Crippen molar-refractivity contribution in [1.82, 2.24) is 4.31 Å². The molecule has 150 valence electrons. The van der Waals surface area contributed by atoms with E-state index >= 15 is 0 Å². The zero-order valence-corrected chi connectivity index (χ0v) is 17.4. The van der Waals surface area contributed by atoms with E-state index < -0.39 is 22.0 Å². The maximum Gasteiger partial charge on any atom is 0.244 e. The van der Waals surface area contributed by atoms with Gasteiger partial charge in [0.2, 0.25) is 15.9 Å². The molecule has 29 heavy (non-hydrogen) atoms. The molecule has 3 aromatic carbocycles. The van der Waals surface area contributed by atoms with Gasteiger partial charge < -0.3 is 5.73 Å². The smallest absolute Gasteiger partial charge is 0.244 e. The van der Waals surface area contributed by atoms with Gasteiger partial charge in [0, 0.05) is 11.6 Å². The third kappa shape index (κ3) is 4.67. The number of hydrogen-bond donors (Lipinski definition) is 1. The quantitative estimate of drug-likeness (QED) is 0.616. The summed E-state index contributed by atoms with van der Waals surface area (Å²) in [5.41, 5.74) is 7.90. The van der Waals surface area contributed by atoms with Crippen LogP contribution in [-0.4, -0.2) is 18.6 Å². The Morgan fingerprint density at radius 3 is 2.14 bits per heavy atom. The van der Waals surface area contributed by atoms with E-state index in [1.165, 1.54) is 24.3 Å². The van der Waals surface area contributed by atoms with Gasteiger partial charge in [-0.1, -0.05) is 66.2 Å². The van der Waals surface area contributed by atoms with Crippen LogP contribution in [0, 0.1) is 6.92 Å². The first-order valence-corrected chi connectivity index (χ1v) is 10.8. The Bertz CT molecular complexity index is 1100. The lowest BCUT2D eigenvalue weighted by Gasteiger charge is -2.30. The predicted molar refractivity (Wildman–Crippen MR) is 114 cm³/mol. The van der Waals surface area contributed by atoms with E-state index in [9.17, 15) is 13.2 Å². The highest BCUT2D eigenvalue weighted by Crippen LogP contribution is 2.31. The molecule has 5 nitrogen and oxygen atoms in total. The van der Waals surface area contributed by atoms with Crippen LogP contribution in [0.15, 0.2) is 83.8 Å². The van der Waals surface area contributed by atoms with Crippen molar-refractivity contribution in [2.45, 2.75) is 24.4 Å². The molecule has 3 aromatic rings. The molecule has 0 spiro atoms. The highest BCUT2D eigenvalue weighted by molar-refractivity contribution is 7.89. The lowest BCUT2D eigenvalue weighted by atomic mass is 10.0. The third-order valence-electron chi connectivity index (χ3n) is 4.68. The normalized spacial score (nSPS) is 12.7. The first-order valence-electron chi connectivity index (χ1n) is 8.97. The monoisotopic (exact) mass is 428 g/mol. The summed E-state index contributed by atoms with van der Waals surface area (Å²) in [6.07, 6.45) is 0. The number of amides is 1. The molecule has 1 amide bonds. The summed E-state index contributed by atoms with van der Waals surface area (Å²) >= 11 is 5.92. The summed E-state index contributed by atoms with van der Waals surface area (Å²) in [5.74, 6) is -0.748. The topological polar surface area (TPSA) is 80.5 Å². The number of nitrogens with zero attached hydrogens (tertiary/aromatic N) is 1. The van der Waals surface area contributed by atoms with Crippen LogP contribution in [-0.2, 0) is 21.4 Å². The number of sulfonamides is 1. The Morgan fingerprint density at radius 2 is 1.55 bits per heavy atom. The van der Waals surface area contributed by atoms with Gasteiger partial charge in [-0.25, -0.2) is 8.42 Å². The maximum atomic E-state index is 13.6. The van der Waals surface area contributed by atoms with Crippen LogP contribution >= 0.6 is 11.6 Å². The van der Waals surface area contributed by atoms with Crippen LogP contribution in [0.2, 0.25) is 5.02 Å². The fraction of sp³-hybridized carbons (Fsp3) is 0.136. The maximum absolute atomic E-state index is 13.6. The number of primary amides is 1. The molecular weight excluding hydrogens is 408 g/mol. The van der Waals surface area contributed by atoms with Crippen molar-refractivity contribution in [3.63, 3.8) is 0 Å². The average molecular weight is 429 g/mol. The molecule has 0 aromatic heterocycles. The van der Waals surface area contributed by atoms with E-state index in [1.54, 1.807) is 30.3 Å². The van der Waals surface area contributed by atoms with E-state index in [-0.39, 0.29) is 11.4 Å². The number of rotatable bonds is 7. The molecule has 3 rings (SSSR count). The zero-order valence-electron chi connectivity index (χ0n) is 15.8. The number of nitrogens with two attached hydrogens (primary N) is 1. The number of halogens is 1. The molecule has 7 heteroatoms. The molecule has 0 radical (unpaired) electrons. The minimum absolute atomic E-state index is 0.000133. The van der Waals surface area contributed by atoms with Crippen LogP contribution in [0.1, 0.15) is 22.7 Å². The lowest BCUT2D eigenvalue weighted by Crippen LogP contribution is -2.41. The Labute approximate surface area is 175 Å². The van der Waals surface area contributed by atoms with Crippen LogP contribution < -0.4 is 5.73 Å². The summed E-state index contributed by atoms with van der Waals surface area (Å²) in [6, 6.07) is 20.8. The zero-order chi connectivity index (χ0) is 21.0. The highest BCUT2D eigenvalue weighted by Gasteiger charge is 2.36. The van der Waals surface area contributed by atoms with Crippen molar-refractivity contribution in [3.8, 4) is 0 Å². The molecule has 0 aliphatic carbocycles. The number of aryl methyl sites for hydroxylation is 1. The molecule has 0 aliphatic rings. The largest absolute Gasteiger partial charge is 0.368 e. The molecule has 2 N–H and O–H groups in total. The second-order valence-electron chi connectivity index (χ2n) is 6.65. The number of benzene rings is 3. The Balaban J connectivity index is 2.16. The summed E-state index contributed by atoms with van der Waals surface area (Å²) in [7, 11) is -4.05. The molecular formula is C22H21ClN2O3S. The van der Waals surface area contributed by atoms with Crippen LogP contribution in [0.5, 0.6) is 0 Å². The summed E-state index contributed by atoms with van der Waals surface area (Å²) in [5, 5.41) is 0.420. The van der Waals surface area contributed by atoms with E-state index in [1.807, 2.05) is 31.2 Å². The van der Waals surface area contributed by atoms with E-state index in [4.69, 9.17) is 17.3 Å². The second kappa shape index (κ2) is 8.78. The number of carbonyl (C=O) groups excluding carboxylic acids is 1. The predicted octanol–water partition coefficient (Wildman–Crippen LogP) is 4.07. The first-order chi connectivity index (χ1) is 13.8. The molecule has 0 saturated carbocycles. The van der Waals surface area contributed by atoms with E-state index in [0.29, 0.717) is 10.6 Å². The van der Waals surface area contributed by atoms with Crippen LogP contribution in [0.4, 0.5) is 0 Å². The van der Waals surface area contributed by atoms with Crippen molar-refractivity contribution in [1.29, 1.82) is 0 Å². The van der Waals surface area contributed by atoms with Crippen molar-refractivity contribution in [2.75, 3.05) is 0 Å². The lowest BCUT2D eigenvalue weighted by molar-refractivity contribution is -0.122. The molecule has 0 fully saturated rings. The second-order valence-corrected chi connectivity index (χ2v) is 8.97. The van der Waals surface area contributed by atoms with Crippen LogP contribution in [0.3, 0.4) is 0 Å². The number of carbonyl (C=O) groups is 1. The Morgan fingerprint density at radius 1 is 0.966 bits per heavy atom. The van der Waals surface area contributed by atoms with Gasteiger partial charge in [0.25, 0.3) is 0 Å². The summed E-state index contributed by atoms with van der Waals surface area (Å²) in [6.45, 7) is 1.89. The molecule has 0 unspecified atom stereocenters. The van der Waals surface area contributed by atoms with Gasteiger partial charge in [-0.3, -0.25) is 4.79 Å². The van der Waals surface area contributed by atoms with E-state index in [2.05, 4.69) is 0 Å². The molecule has 0 heterocycles. The fourth-order valence-electron chi connectivity index (χ4n) is 3.12. The Kier molecular flexibility index (Phi) is 6.37. The minimum atomic E-state index is -4.05. The first kappa shape index (κ1) is 21.0. The number of hydrogen-bond acceptors (Lipinski definition) is 3. The van der Waals surface area contributed by atoms with E-state index in [0.717, 1.165) is 15.4 Å². The van der Waals surface area contributed by atoms with Gasteiger partial charge >= 0.3 is 0 Å². The summed E-state index contributed by atoms with van der Waals surface area (Å²) in [4.78, 5) is 12.5.